The normalized spacial score (nSPS) is 16.5. The quantitative estimate of drug-likeness (QED) is 0.518. The predicted molar refractivity (Wildman–Crippen MR) is 76.1 cm³/mol. The van der Waals surface area contributed by atoms with Crippen LogP contribution in [0.1, 0.15) is 11.1 Å². The molecule has 1 aromatic carbocycles. The standard InChI is InChI=1S/C15H16N2O3/c1-4-7-17-14(18)12(16-15(17)19)9-11-5-6-13(20-3)10(2)8-11/h4-6,8-9H,1,7H2,2-3H3,(H,16,19)/b12-9-. The third-order valence-corrected chi connectivity index (χ3v) is 3.00. The molecule has 1 fully saturated rings. The van der Waals surface area contributed by atoms with Crippen molar-refractivity contribution in [3.8, 4) is 5.75 Å². The van der Waals surface area contributed by atoms with Gasteiger partial charge in [0, 0.05) is 6.54 Å². The molecule has 0 saturated carbocycles. The van der Waals surface area contributed by atoms with Crippen molar-refractivity contribution in [2.45, 2.75) is 6.92 Å². The third kappa shape index (κ3) is 2.56. The second kappa shape index (κ2) is 5.61. The van der Waals surface area contributed by atoms with Crippen LogP contribution in [0, 0.1) is 6.92 Å². The maximum atomic E-state index is 12.0. The maximum absolute atomic E-state index is 12.0. The van der Waals surface area contributed by atoms with Gasteiger partial charge in [-0.05, 0) is 36.3 Å². The summed E-state index contributed by atoms with van der Waals surface area (Å²) < 4.78 is 5.18. The Hall–Kier alpha value is -2.56. The molecule has 1 heterocycles. The number of amides is 3. The molecule has 2 rings (SSSR count). The maximum Gasteiger partial charge on any atom is 0.329 e. The number of carbonyl (C=O) groups excluding carboxylic acids is 2. The van der Waals surface area contributed by atoms with Crippen LogP contribution in [-0.2, 0) is 4.79 Å². The molecule has 0 radical (unpaired) electrons. The van der Waals surface area contributed by atoms with Crippen LogP contribution in [0.4, 0.5) is 4.79 Å². The summed E-state index contributed by atoms with van der Waals surface area (Å²) in [7, 11) is 1.61. The van der Waals surface area contributed by atoms with Crippen molar-refractivity contribution in [2.75, 3.05) is 13.7 Å². The van der Waals surface area contributed by atoms with E-state index in [2.05, 4.69) is 11.9 Å². The van der Waals surface area contributed by atoms with Gasteiger partial charge in [-0.2, -0.15) is 0 Å². The van der Waals surface area contributed by atoms with Crippen molar-refractivity contribution in [3.05, 3.63) is 47.7 Å². The van der Waals surface area contributed by atoms with Crippen LogP contribution < -0.4 is 10.1 Å². The van der Waals surface area contributed by atoms with E-state index in [4.69, 9.17) is 4.74 Å². The molecular formula is C15H16N2O3. The number of methoxy groups -OCH3 is 1. The summed E-state index contributed by atoms with van der Waals surface area (Å²) in [5.41, 5.74) is 2.05. The number of carbonyl (C=O) groups is 2. The van der Waals surface area contributed by atoms with Gasteiger partial charge in [0.25, 0.3) is 5.91 Å². The monoisotopic (exact) mass is 272 g/mol. The van der Waals surface area contributed by atoms with E-state index >= 15 is 0 Å². The average Bonchev–Trinajstić information content (AvgIpc) is 2.67. The highest BCUT2D eigenvalue weighted by molar-refractivity contribution is 6.14. The Morgan fingerprint density at radius 2 is 2.15 bits per heavy atom. The van der Waals surface area contributed by atoms with Crippen molar-refractivity contribution in [2.24, 2.45) is 0 Å². The molecule has 0 aliphatic carbocycles. The van der Waals surface area contributed by atoms with Crippen molar-refractivity contribution in [3.63, 3.8) is 0 Å². The number of imide groups is 1. The zero-order valence-corrected chi connectivity index (χ0v) is 11.5. The van der Waals surface area contributed by atoms with E-state index in [-0.39, 0.29) is 18.1 Å². The van der Waals surface area contributed by atoms with E-state index < -0.39 is 6.03 Å². The van der Waals surface area contributed by atoms with Gasteiger partial charge in [0.1, 0.15) is 11.4 Å². The fourth-order valence-corrected chi connectivity index (χ4v) is 2.02. The van der Waals surface area contributed by atoms with Crippen LogP contribution in [-0.4, -0.2) is 30.5 Å². The van der Waals surface area contributed by atoms with E-state index in [1.54, 1.807) is 13.2 Å². The van der Waals surface area contributed by atoms with Crippen molar-refractivity contribution in [1.82, 2.24) is 10.2 Å². The summed E-state index contributed by atoms with van der Waals surface area (Å²) in [6.07, 6.45) is 3.16. The predicted octanol–water partition coefficient (Wildman–Crippen LogP) is 2.08. The summed E-state index contributed by atoms with van der Waals surface area (Å²) in [5, 5.41) is 2.55. The number of urea groups is 1. The Labute approximate surface area is 117 Å². The summed E-state index contributed by atoms with van der Waals surface area (Å²) in [4.78, 5) is 24.8. The minimum atomic E-state index is -0.425. The van der Waals surface area contributed by atoms with Gasteiger partial charge in [0.2, 0.25) is 0 Å². The highest BCUT2D eigenvalue weighted by atomic mass is 16.5. The molecule has 1 aliphatic heterocycles. The van der Waals surface area contributed by atoms with Crippen LogP contribution in [0.3, 0.4) is 0 Å². The Balaban J connectivity index is 2.28. The Morgan fingerprint density at radius 3 is 2.75 bits per heavy atom. The van der Waals surface area contributed by atoms with Crippen molar-refractivity contribution in [1.29, 1.82) is 0 Å². The zero-order chi connectivity index (χ0) is 14.7. The van der Waals surface area contributed by atoms with E-state index in [0.717, 1.165) is 21.8 Å². The first-order valence-corrected chi connectivity index (χ1v) is 6.17. The minimum Gasteiger partial charge on any atom is -0.496 e. The van der Waals surface area contributed by atoms with Gasteiger partial charge >= 0.3 is 6.03 Å². The molecular weight excluding hydrogens is 256 g/mol. The highest BCUT2D eigenvalue weighted by Gasteiger charge is 2.32. The van der Waals surface area contributed by atoms with Gasteiger partial charge in [-0.15, -0.1) is 6.58 Å². The fourth-order valence-electron chi connectivity index (χ4n) is 2.02. The molecule has 5 heteroatoms. The first kappa shape index (κ1) is 13.9. The number of ether oxygens (including phenoxy) is 1. The Kier molecular flexibility index (Phi) is 3.89. The van der Waals surface area contributed by atoms with E-state index in [0.29, 0.717) is 0 Å². The number of hydrogen-bond donors (Lipinski definition) is 1. The number of nitrogens with zero attached hydrogens (tertiary/aromatic N) is 1. The number of rotatable bonds is 4. The van der Waals surface area contributed by atoms with Crippen LogP contribution in [0.25, 0.3) is 6.08 Å². The largest absolute Gasteiger partial charge is 0.496 e. The lowest BCUT2D eigenvalue weighted by Gasteiger charge is -2.07. The minimum absolute atomic E-state index is 0.198. The van der Waals surface area contributed by atoms with E-state index in [9.17, 15) is 9.59 Å². The first-order valence-electron chi connectivity index (χ1n) is 6.17. The molecule has 1 aliphatic rings. The van der Waals surface area contributed by atoms with Crippen molar-refractivity contribution < 1.29 is 14.3 Å². The van der Waals surface area contributed by atoms with Crippen LogP contribution in [0.2, 0.25) is 0 Å². The summed E-state index contributed by atoms with van der Waals surface area (Å²) in [6, 6.07) is 5.12. The van der Waals surface area contributed by atoms with Gasteiger partial charge in [-0.3, -0.25) is 9.69 Å². The molecule has 0 unspecified atom stereocenters. The third-order valence-electron chi connectivity index (χ3n) is 3.00. The topological polar surface area (TPSA) is 58.6 Å². The Morgan fingerprint density at radius 1 is 1.40 bits per heavy atom. The Bertz CT molecular complexity index is 605. The van der Waals surface area contributed by atoms with Crippen LogP contribution in [0.5, 0.6) is 5.75 Å². The summed E-state index contributed by atoms with van der Waals surface area (Å²) in [6.45, 7) is 5.64. The molecule has 1 aromatic rings. The van der Waals surface area contributed by atoms with E-state index in [1.165, 1.54) is 6.08 Å². The molecule has 0 spiro atoms. The smallest absolute Gasteiger partial charge is 0.329 e. The lowest BCUT2D eigenvalue weighted by Crippen LogP contribution is -2.30. The lowest BCUT2D eigenvalue weighted by atomic mass is 10.1. The zero-order valence-electron chi connectivity index (χ0n) is 11.5. The molecule has 0 atom stereocenters. The number of nitrogens with one attached hydrogen (secondary N) is 1. The average molecular weight is 272 g/mol. The molecule has 20 heavy (non-hydrogen) atoms. The summed E-state index contributed by atoms with van der Waals surface area (Å²) in [5.74, 6) is 0.436. The van der Waals surface area contributed by atoms with E-state index in [1.807, 2.05) is 25.1 Å². The van der Waals surface area contributed by atoms with Gasteiger partial charge < -0.3 is 10.1 Å². The molecule has 0 aromatic heterocycles. The molecule has 1 N–H and O–H groups in total. The van der Waals surface area contributed by atoms with Crippen molar-refractivity contribution >= 4 is 18.0 Å². The van der Waals surface area contributed by atoms with Gasteiger partial charge in [0.15, 0.2) is 0 Å². The van der Waals surface area contributed by atoms with Gasteiger partial charge in [-0.25, -0.2) is 4.79 Å². The fraction of sp³-hybridized carbons (Fsp3) is 0.200. The molecule has 0 bridgehead atoms. The summed E-state index contributed by atoms with van der Waals surface area (Å²) >= 11 is 0. The SMILES string of the molecule is C=CCN1C(=O)N/C(=C\c2ccc(OC)c(C)c2)C1=O. The second-order valence-electron chi connectivity index (χ2n) is 4.42. The molecule has 104 valence electrons. The molecule has 3 amide bonds. The van der Waals surface area contributed by atoms with Gasteiger partial charge in [-0.1, -0.05) is 12.1 Å². The lowest BCUT2D eigenvalue weighted by molar-refractivity contribution is -0.122. The molecule has 5 nitrogen and oxygen atoms in total. The second-order valence-corrected chi connectivity index (χ2v) is 4.42. The highest BCUT2D eigenvalue weighted by Crippen LogP contribution is 2.21. The first-order chi connectivity index (χ1) is 9.56. The number of hydrogen-bond acceptors (Lipinski definition) is 3. The van der Waals surface area contributed by atoms with Crippen LogP contribution in [0.15, 0.2) is 36.6 Å². The number of benzene rings is 1. The van der Waals surface area contributed by atoms with Gasteiger partial charge in [0.05, 0.1) is 7.11 Å². The molecule has 1 saturated heterocycles. The van der Waals surface area contributed by atoms with Crippen LogP contribution >= 0.6 is 0 Å². The number of aryl methyl sites for hydroxylation is 1.